The fraction of sp³-hybridized carbons (Fsp3) is 0.720. The zero-order chi connectivity index (χ0) is 21.9. The Morgan fingerprint density at radius 2 is 1.84 bits per heavy atom. The molecule has 4 fully saturated rings. The summed E-state index contributed by atoms with van der Waals surface area (Å²) >= 11 is 0. The third-order valence-electron chi connectivity index (χ3n) is 7.78. The largest absolute Gasteiger partial charge is 0.489 e. The van der Waals surface area contributed by atoms with Crippen LogP contribution in [-0.4, -0.2) is 90.8 Å². The monoisotopic (exact) mass is 445 g/mol. The molecule has 1 saturated carbocycles. The summed E-state index contributed by atoms with van der Waals surface area (Å²) in [4.78, 5) is 20.8. The van der Waals surface area contributed by atoms with E-state index in [1.54, 1.807) is 12.1 Å². The number of ether oxygens (including phenoxy) is 2. The molecule has 32 heavy (non-hydrogen) atoms. The third-order valence-corrected chi connectivity index (χ3v) is 7.78. The maximum atomic E-state index is 13.7. The van der Waals surface area contributed by atoms with Crippen LogP contribution in [0.5, 0.6) is 5.75 Å². The van der Waals surface area contributed by atoms with Gasteiger partial charge in [-0.2, -0.15) is 0 Å². The SMILES string of the molecule is O=C([C@H]1C[C@H](Oc2cccc(F)c2)CN1C1CCOCC1)N1CCCN(C2CCC2)CC1. The van der Waals surface area contributed by atoms with Gasteiger partial charge in [0.2, 0.25) is 5.91 Å². The van der Waals surface area contributed by atoms with Crippen LogP contribution in [0.1, 0.15) is 44.9 Å². The minimum absolute atomic E-state index is 0.105. The molecule has 0 N–H and O–H groups in total. The van der Waals surface area contributed by atoms with Gasteiger partial charge in [0, 0.05) is 70.5 Å². The fourth-order valence-corrected chi connectivity index (χ4v) is 5.79. The number of carbonyl (C=O) groups is 1. The van der Waals surface area contributed by atoms with Gasteiger partial charge in [-0.1, -0.05) is 12.5 Å². The van der Waals surface area contributed by atoms with Gasteiger partial charge in [-0.3, -0.25) is 14.6 Å². The molecule has 1 aromatic carbocycles. The van der Waals surface area contributed by atoms with E-state index in [2.05, 4.69) is 14.7 Å². The molecule has 6 nitrogen and oxygen atoms in total. The van der Waals surface area contributed by atoms with Crippen molar-refractivity contribution in [2.75, 3.05) is 45.9 Å². The van der Waals surface area contributed by atoms with Crippen molar-refractivity contribution in [3.05, 3.63) is 30.1 Å². The van der Waals surface area contributed by atoms with E-state index in [9.17, 15) is 9.18 Å². The molecule has 5 rings (SSSR count). The number of carbonyl (C=O) groups excluding carboxylic acids is 1. The molecule has 0 aromatic heterocycles. The van der Waals surface area contributed by atoms with Gasteiger partial charge in [-0.15, -0.1) is 0 Å². The zero-order valence-corrected chi connectivity index (χ0v) is 19.0. The lowest BCUT2D eigenvalue weighted by molar-refractivity contribution is -0.137. The van der Waals surface area contributed by atoms with Crippen molar-refractivity contribution in [1.82, 2.24) is 14.7 Å². The number of benzene rings is 1. The highest BCUT2D eigenvalue weighted by atomic mass is 19.1. The molecule has 1 aliphatic carbocycles. The van der Waals surface area contributed by atoms with Gasteiger partial charge < -0.3 is 14.4 Å². The summed E-state index contributed by atoms with van der Waals surface area (Å²) in [5.41, 5.74) is 0. The highest BCUT2D eigenvalue weighted by molar-refractivity contribution is 5.82. The van der Waals surface area contributed by atoms with Gasteiger partial charge in [0.1, 0.15) is 17.7 Å². The highest BCUT2D eigenvalue weighted by Crippen LogP contribution is 2.31. The van der Waals surface area contributed by atoms with Crippen molar-refractivity contribution in [3.8, 4) is 5.75 Å². The van der Waals surface area contributed by atoms with Gasteiger partial charge in [0.15, 0.2) is 0 Å². The molecular formula is C25H36FN3O3. The van der Waals surface area contributed by atoms with E-state index in [1.807, 2.05) is 0 Å². The van der Waals surface area contributed by atoms with Crippen LogP contribution in [0.25, 0.3) is 0 Å². The van der Waals surface area contributed by atoms with Crippen molar-refractivity contribution in [1.29, 1.82) is 0 Å². The van der Waals surface area contributed by atoms with Gasteiger partial charge in [0.25, 0.3) is 0 Å². The average Bonchev–Trinajstić information content (AvgIpc) is 3.03. The number of rotatable bonds is 5. The highest BCUT2D eigenvalue weighted by Gasteiger charge is 2.43. The lowest BCUT2D eigenvalue weighted by atomic mass is 9.91. The number of hydrogen-bond acceptors (Lipinski definition) is 5. The van der Waals surface area contributed by atoms with Crippen LogP contribution in [0.4, 0.5) is 4.39 Å². The van der Waals surface area contributed by atoms with Crippen LogP contribution >= 0.6 is 0 Å². The molecule has 1 aromatic rings. The lowest BCUT2D eigenvalue weighted by Gasteiger charge is -2.37. The van der Waals surface area contributed by atoms with E-state index < -0.39 is 0 Å². The summed E-state index contributed by atoms with van der Waals surface area (Å²) in [7, 11) is 0. The number of halogens is 1. The Hall–Kier alpha value is -1.70. The minimum atomic E-state index is -0.296. The first kappa shape index (κ1) is 22.1. The number of nitrogens with zero attached hydrogens (tertiary/aromatic N) is 3. The summed E-state index contributed by atoms with van der Waals surface area (Å²) in [6.07, 6.45) is 7.48. The topological polar surface area (TPSA) is 45.2 Å². The first-order valence-electron chi connectivity index (χ1n) is 12.5. The molecule has 2 atom stereocenters. The molecule has 176 valence electrons. The smallest absolute Gasteiger partial charge is 0.240 e. The Morgan fingerprint density at radius 1 is 1.00 bits per heavy atom. The Balaban J connectivity index is 1.27. The van der Waals surface area contributed by atoms with E-state index in [0.29, 0.717) is 24.8 Å². The van der Waals surface area contributed by atoms with Crippen LogP contribution in [0.2, 0.25) is 0 Å². The second-order valence-corrected chi connectivity index (χ2v) is 9.79. The molecular weight excluding hydrogens is 409 g/mol. The summed E-state index contributed by atoms with van der Waals surface area (Å²) in [6.45, 7) is 5.96. The lowest BCUT2D eigenvalue weighted by Crippen LogP contribution is -2.51. The quantitative estimate of drug-likeness (QED) is 0.698. The predicted octanol–water partition coefficient (Wildman–Crippen LogP) is 2.91. The fourth-order valence-electron chi connectivity index (χ4n) is 5.79. The van der Waals surface area contributed by atoms with Gasteiger partial charge in [0.05, 0.1) is 6.04 Å². The van der Waals surface area contributed by atoms with Crippen LogP contribution in [0, 0.1) is 5.82 Å². The van der Waals surface area contributed by atoms with Crippen molar-refractivity contribution in [3.63, 3.8) is 0 Å². The number of amides is 1. The maximum absolute atomic E-state index is 13.7. The molecule has 1 amide bonds. The molecule has 3 heterocycles. The number of hydrogen-bond donors (Lipinski definition) is 0. The Bertz CT molecular complexity index is 783. The molecule has 7 heteroatoms. The minimum Gasteiger partial charge on any atom is -0.489 e. The first-order valence-corrected chi connectivity index (χ1v) is 12.5. The second kappa shape index (κ2) is 10.1. The van der Waals surface area contributed by atoms with E-state index in [-0.39, 0.29) is 23.9 Å². The van der Waals surface area contributed by atoms with Gasteiger partial charge in [-0.25, -0.2) is 4.39 Å². The first-order chi connectivity index (χ1) is 15.7. The summed E-state index contributed by atoms with van der Waals surface area (Å²) in [6, 6.07) is 7.24. The third kappa shape index (κ3) is 4.95. The zero-order valence-electron chi connectivity index (χ0n) is 19.0. The van der Waals surface area contributed by atoms with Gasteiger partial charge >= 0.3 is 0 Å². The molecule has 4 aliphatic rings. The molecule has 0 bridgehead atoms. The Morgan fingerprint density at radius 3 is 2.59 bits per heavy atom. The van der Waals surface area contributed by atoms with E-state index >= 15 is 0 Å². The summed E-state index contributed by atoms with van der Waals surface area (Å²) in [5, 5.41) is 0. The average molecular weight is 446 g/mol. The van der Waals surface area contributed by atoms with Crippen molar-refractivity contribution in [2.24, 2.45) is 0 Å². The summed E-state index contributed by atoms with van der Waals surface area (Å²) in [5.74, 6) is 0.494. The van der Waals surface area contributed by atoms with Crippen LogP contribution < -0.4 is 4.74 Å². The Kier molecular flexibility index (Phi) is 6.95. The molecule has 0 radical (unpaired) electrons. The van der Waals surface area contributed by atoms with Gasteiger partial charge in [-0.05, 0) is 44.2 Å². The summed E-state index contributed by atoms with van der Waals surface area (Å²) < 4.78 is 25.4. The molecule has 3 saturated heterocycles. The van der Waals surface area contributed by atoms with Crippen LogP contribution in [0.15, 0.2) is 24.3 Å². The van der Waals surface area contributed by atoms with Crippen LogP contribution in [0.3, 0.4) is 0 Å². The van der Waals surface area contributed by atoms with Crippen molar-refractivity contribution in [2.45, 2.75) is 69.2 Å². The van der Waals surface area contributed by atoms with Crippen molar-refractivity contribution < 1.29 is 18.7 Å². The molecule has 0 unspecified atom stereocenters. The normalized spacial score (nSPS) is 29.0. The standard InChI is InChI=1S/C25H36FN3O3/c26-19-4-1-7-22(16-19)32-23-17-24(29(18-23)21-8-14-31-15-9-21)25(30)28-11-3-10-27(12-13-28)20-5-2-6-20/h1,4,7,16,20-21,23-24H,2-3,5-6,8-15,17-18H2/t23-,24+/m0/s1. The Labute approximate surface area is 190 Å². The van der Waals surface area contributed by atoms with E-state index in [1.165, 1.54) is 31.4 Å². The number of likely N-dealkylation sites (tertiary alicyclic amines) is 1. The molecule has 3 aliphatic heterocycles. The van der Waals surface area contributed by atoms with E-state index in [0.717, 1.165) is 64.7 Å². The predicted molar refractivity (Wildman–Crippen MR) is 120 cm³/mol. The van der Waals surface area contributed by atoms with Crippen molar-refractivity contribution >= 4 is 5.91 Å². The van der Waals surface area contributed by atoms with Crippen LogP contribution in [-0.2, 0) is 9.53 Å². The molecule has 0 spiro atoms. The second-order valence-electron chi connectivity index (χ2n) is 9.79. The maximum Gasteiger partial charge on any atom is 0.240 e. The van der Waals surface area contributed by atoms with E-state index in [4.69, 9.17) is 9.47 Å².